The maximum absolute atomic E-state index is 13.1. The molecule has 0 unspecified atom stereocenters. The minimum atomic E-state index is -0.132. The summed E-state index contributed by atoms with van der Waals surface area (Å²) in [4.78, 5) is 5.25. The molecule has 3 fully saturated rings. The molecule has 5 heteroatoms. The molecule has 0 bridgehead atoms. The lowest BCUT2D eigenvalue weighted by Gasteiger charge is -2.33. The highest BCUT2D eigenvalue weighted by Crippen LogP contribution is 2.29. The molecule has 0 amide bonds. The van der Waals surface area contributed by atoms with E-state index in [0.717, 1.165) is 25.7 Å². The van der Waals surface area contributed by atoms with Crippen molar-refractivity contribution in [3.05, 3.63) is 71.5 Å². The van der Waals surface area contributed by atoms with Crippen LogP contribution in [0.5, 0.6) is 0 Å². The second-order valence-electron chi connectivity index (χ2n) is 8.94. The van der Waals surface area contributed by atoms with Gasteiger partial charge in [0.05, 0.1) is 13.2 Å². The number of halogens is 1. The summed E-state index contributed by atoms with van der Waals surface area (Å²) >= 11 is 0. The molecule has 3 saturated heterocycles. The van der Waals surface area contributed by atoms with Crippen molar-refractivity contribution in [3.8, 4) is 0 Å². The molecule has 0 saturated carbocycles. The highest BCUT2D eigenvalue weighted by atomic mass is 19.1. The van der Waals surface area contributed by atoms with Gasteiger partial charge in [-0.25, -0.2) is 4.39 Å². The van der Waals surface area contributed by atoms with Gasteiger partial charge in [-0.1, -0.05) is 42.5 Å². The Morgan fingerprint density at radius 2 is 1.48 bits per heavy atom. The fourth-order valence-electron chi connectivity index (χ4n) is 4.89. The fraction of sp³-hybridized carbons (Fsp3) is 0.538. The predicted octanol–water partition coefficient (Wildman–Crippen LogP) is 4.52. The van der Waals surface area contributed by atoms with Gasteiger partial charge in [0.25, 0.3) is 0 Å². The molecule has 2 aromatic rings. The Morgan fingerprint density at radius 1 is 0.806 bits per heavy atom. The van der Waals surface area contributed by atoms with Crippen LogP contribution in [0.3, 0.4) is 0 Å². The van der Waals surface area contributed by atoms with Crippen LogP contribution in [0.1, 0.15) is 36.3 Å². The zero-order chi connectivity index (χ0) is 21.3. The molecule has 4 nitrogen and oxygen atoms in total. The van der Waals surface area contributed by atoms with E-state index in [-0.39, 0.29) is 5.82 Å². The summed E-state index contributed by atoms with van der Waals surface area (Å²) in [5.74, 6) is 1.28. The molecule has 168 valence electrons. The monoisotopic (exact) mass is 426 g/mol. The highest BCUT2D eigenvalue weighted by molar-refractivity contribution is 5.21. The van der Waals surface area contributed by atoms with Crippen LogP contribution < -0.4 is 0 Å². The van der Waals surface area contributed by atoms with Gasteiger partial charge in [-0.15, -0.1) is 0 Å². The SMILES string of the molecule is C1COCO1.Fc1ccc(C2CCN(C[C@H]3CCN(Cc4ccccc4)C3)CC2)cc1. The molecule has 0 radical (unpaired) electrons. The summed E-state index contributed by atoms with van der Waals surface area (Å²) in [5, 5.41) is 0. The standard InChI is InChI=1S/C23H29FN2.C3H6O2/c24-23-8-6-21(7-9-23)22-11-14-25(15-12-22)17-20-10-13-26(18-20)16-19-4-2-1-3-5-19;1-2-5-3-4-1/h1-9,20,22H,10-18H2;1-3H2/t20-;/m1./s1. The molecular weight excluding hydrogens is 391 g/mol. The number of nitrogens with zero attached hydrogens (tertiary/aromatic N) is 2. The van der Waals surface area contributed by atoms with E-state index in [4.69, 9.17) is 9.47 Å². The van der Waals surface area contributed by atoms with Gasteiger partial charge in [0.15, 0.2) is 0 Å². The third-order valence-electron chi connectivity index (χ3n) is 6.60. The molecule has 3 aliphatic heterocycles. The summed E-state index contributed by atoms with van der Waals surface area (Å²) < 4.78 is 22.5. The van der Waals surface area contributed by atoms with Gasteiger partial charge < -0.3 is 14.4 Å². The van der Waals surface area contributed by atoms with Crippen molar-refractivity contribution in [2.45, 2.75) is 31.7 Å². The van der Waals surface area contributed by atoms with E-state index in [9.17, 15) is 4.39 Å². The largest absolute Gasteiger partial charge is 0.353 e. The van der Waals surface area contributed by atoms with Gasteiger partial charge in [0.2, 0.25) is 0 Å². The average Bonchev–Trinajstić information content (AvgIpc) is 3.52. The number of rotatable bonds is 5. The highest BCUT2D eigenvalue weighted by Gasteiger charge is 2.27. The van der Waals surface area contributed by atoms with Crippen molar-refractivity contribution in [1.29, 1.82) is 0 Å². The Balaban J connectivity index is 0.000000407. The molecule has 5 rings (SSSR count). The van der Waals surface area contributed by atoms with Crippen molar-refractivity contribution < 1.29 is 13.9 Å². The molecule has 31 heavy (non-hydrogen) atoms. The maximum Gasteiger partial charge on any atom is 0.146 e. The first-order valence-electron chi connectivity index (χ1n) is 11.7. The average molecular weight is 427 g/mol. The topological polar surface area (TPSA) is 24.9 Å². The van der Waals surface area contributed by atoms with Crippen molar-refractivity contribution in [2.24, 2.45) is 5.92 Å². The van der Waals surface area contributed by atoms with Crippen LogP contribution >= 0.6 is 0 Å². The van der Waals surface area contributed by atoms with Crippen LogP contribution in [-0.2, 0) is 16.0 Å². The first-order chi connectivity index (χ1) is 15.3. The van der Waals surface area contributed by atoms with E-state index in [1.165, 1.54) is 63.1 Å². The summed E-state index contributed by atoms with van der Waals surface area (Å²) in [7, 11) is 0. The van der Waals surface area contributed by atoms with E-state index in [1.54, 1.807) is 12.1 Å². The van der Waals surface area contributed by atoms with E-state index in [1.807, 2.05) is 12.1 Å². The molecule has 3 aliphatic rings. The summed E-state index contributed by atoms with van der Waals surface area (Å²) in [5.41, 5.74) is 2.73. The number of hydrogen-bond acceptors (Lipinski definition) is 4. The molecular formula is C26H35FN2O2. The lowest BCUT2D eigenvalue weighted by atomic mass is 9.89. The third kappa shape index (κ3) is 7.11. The number of benzene rings is 2. The van der Waals surface area contributed by atoms with E-state index in [0.29, 0.717) is 12.7 Å². The van der Waals surface area contributed by atoms with Crippen molar-refractivity contribution >= 4 is 0 Å². The fourth-order valence-corrected chi connectivity index (χ4v) is 4.89. The van der Waals surface area contributed by atoms with Gasteiger partial charge in [-0.05, 0) is 74.0 Å². The van der Waals surface area contributed by atoms with E-state index >= 15 is 0 Å². The minimum absolute atomic E-state index is 0.132. The Morgan fingerprint density at radius 3 is 2.13 bits per heavy atom. The second kappa shape index (κ2) is 11.7. The Bertz CT molecular complexity index is 751. The van der Waals surface area contributed by atoms with Crippen LogP contribution in [0.2, 0.25) is 0 Å². The first kappa shape index (κ1) is 22.4. The number of likely N-dealkylation sites (tertiary alicyclic amines) is 2. The predicted molar refractivity (Wildman–Crippen MR) is 121 cm³/mol. The third-order valence-corrected chi connectivity index (χ3v) is 6.60. The van der Waals surface area contributed by atoms with Crippen LogP contribution in [0.15, 0.2) is 54.6 Å². The minimum Gasteiger partial charge on any atom is -0.353 e. The smallest absolute Gasteiger partial charge is 0.146 e. The Hall–Kier alpha value is -1.79. The lowest BCUT2D eigenvalue weighted by molar-refractivity contribution is 0.0692. The zero-order valence-electron chi connectivity index (χ0n) is 18.4. The number of hydrogen-bond donors (Lipinski definition) is 0. The normalized spacial score (nSPS) is 22.9. The quantitative estimate of drug-likeness (QED) is 0.702. The van der Waals surface area contributed by atoms with Crippen LogP contribution in [-0.4, -0.2) is 62.5 Å². The second-order valence-corrected chi connectivity index (χ2v) is 8.94. The molecule has 1 atom stereocenters. The van der Waals surface area contributed by atoms with Crippen molar-refractivity contribution in [3.63, 3.8) is 0 Å². The van der Waals surface area contributed by atoms with Gasteiger partial charge in [0.1, 0.15) is 12.6 Å². The molecule has 2 aromatic carbocycles. The zero-order valence-corrected chi connectivity index (χ0v) is 18.4. The van der Waals surface area contributed by atoms with Gasteiger partial charge in [0, 0.05) is 19.6 Å². The summed E-state index contributed by atoms with van der Waals surface area (Å²) in [6.07, 6.45) is 3.73. The summed E-state index contributed by atoms with van der Waals surface area (Å²) in [6.45, 7) is 9.19. The molecule has 0 aliphatic carbocycles. The first-order valence-corrected chi connectivity index (χ1v) is 11.7. The molecule has 3 heterocycles. The summed E-state index contributed by atoms with van der Waals surface area (Å²) in [6, 6.07) is 17.9. The van der Waals surface area contributed by atoms with E-state index in [2.05, 4.69) is 40.1 Å². The van der Waals surface area contributed by atoms with Crippen LogP contribution in [0.4, 0.5) is 4.39 Å². The number of piperidine rings is 1. The Labute approximate surface area is 185 Å². The number of ether oxygens (including phenoxy) is 2. The van der Waals surface area contributed by atoms with Gasteiger partial charge >= 0.3 is 0 Å². The Kier molecular flexibility index (Phi) is 8.47. The van der Waals surface area contributed by atoms with Crippen LogP contribution in [0, 0.1) is 11.7 Å². The van der Waals surface area contributed by atoms with Gasteiger partial charge in [-0.2, -0.15) is 0 Å². The molecule has 0 N–H and O–H groups in total. The van der Waals surface area contributed by atoms with Crippen molar-refractivity contribution in [1.82, 2.24) is 9.80 Å². The van der Waals surface area contributed by atoms with Gasteiger partial charge in [-0.3, -0.25) is 4.90 Å². The molecule has 0 aromatic heterocycles. The lowest BCUT2D eigenvalue weighted by Crippen LogP contribution is -2.37. The van der Waals surface area contributed by atoms with Crippen molar-refractivity contribution in [2.75, 3.05) is 52.7 Å². The van der Waals surface area contributed by atoms with E-state index < -0.39 is 0 Å². The van der Waals surface area contributed by atoms with Crippen LogP contribution in [0.25, 0.3) is 0 Å². The maximum atomic E-state index is 13.1. The molecule has 0 spiro atoms.